The lowest BCUT2D eigenvalue weighted by Gasteiger charge is -2.38. The average Bonchev–Trinajstić information content (AvgIpc) is 2.91. The largest absolute Gasteiger partial charge is 0.465 e. The molecule has 0 aromatic carbocycles. The van der Waals surface area contributed by atoms with E-state index < -0.39 is 43.9 Å². The van der Waals surface area contributed by atoms with Crippen LogP contribution in [0.25, 0.3) is 0 Å². The number of fused-ring (bicyclic) bond motifs is 1. The quantitative estimate of drug-likeness (QED) is 0.743. The number of carboxylic acid groups (broad SMARTS) is 1. The molecule has 0 unspecified atom stereocenters. The number of hydrogen-bond donors (Lipinski definition) is 1. The van der Waals surface area contributed by atoms with Crippen molar-refractivity contribution < 1.29 is 28.2 Å². The van der Waals surface area contributed by atoms with Crippen molar-refractivity contribution in [3.8, 4) is 0 Å². The molecule has 0 bridgehead atoms. The molecule has 1 amide bonds. The Kier molecular flexibility index (Phi) is 5.67. The van der Waals surface area contributed by atoms with Crippen LogP contribution < -0.4 is 0 Å². The third-order valence-electron chi connectivity index (χ3n) is 4.92. The number of amidine groups is 1. The molecule has 2 heterocycles. The number of nitrogens with zero attached hydrogens (tertiary/aromatic N) is 2. The summed E-state index contributed by atoms with van der Waals surface area (Å²) < 4.78 is 26.2. The number of aliphatic imine (C=N–C) groups is 1. The summed E-state index contributed by atoms with van der Waals surface area (Å²) in [6.07, 6.45) is -4.02. The molecule has 2 rings (SSSR count). The van der Waals surface area contributed by atoms with E-state index in [-0.39, 0.29) is 16.8 Å². The highest BCUT2D eigenvalue weighted by atomic mass is 32.2. The molecule has 2 aliphatic rings. The van der Waals surface area contributed by atoms with E-state index in [4.69, 9.17) is 14.3 Å². The van der Waals surface area contributed by atoms with Gasteiger partial charge in [0.15, 0.2) is 25.4 Å². The number of carbonyl (C=O) groups excluding carboxylic acids is 1. The summed E-state index contributed by atoms with van der Waals surface area (Å²) in [7, 11) is -0.778. The molecule has 0 aliphatic carbocycles. The van der Waals surface area contributed by atoms with Gasteiger partial charge in [0.2, 0.25) is 0 Å². The zero-order chi connectivity index (χ0) is 19.2. The zero-order valence-corrected chi connectivity index (χ0v) is 17.1. The number of rotatable bonds is 3. The normalized spacial score (nSPS) is 30.0. The van der Waals surface area contributed by atoms with Gasteiger partial charge in [-0.2, -0.15) is 0 Å². The molecule has 4 atom stereocenters. The van der Waals surface area contributed by atoms with Gasteiger partial charge in [0.25, 0.3) is 0 Å². The summed E-state index contributed by atoms with van der Waals surface area (Å²) in [5.41, 5.74) is -0.725. The molecule has 0 aromatic rings. The number of ketones is 1. The van der Waals surface area contributed by atoms with Gasteiger partial charge in [-0.05, 0) is 18.1 Å². The Morgan fingerprint density at radius 3 is 2.60 bits per heavy atom. The summed E-state index contributed by atoms with van der Waals surface area (Å²) >= 11 is 1.02. The molecular weight excluding hydrogens is 367 g/mol. The third-order valence-corrected chi connectivity index (χ3v) is 10.6. The minimum absolute atomic E-state index is 0.00360. The fourth-order valence-electron chi connectivity index (χ4n) is 2.15. The molecule has 25 heavy (non-hydrogen) atoms. The molecule has 2 aliphatic heterocycles. The lowest BCUT2D eigenvalue weighted by Crippen LogP contribution is -2.53. The van der Waals surface area contributed by atoms with Gasteiger partial charge in [0.1, 0.15) is 17.6 Å². The first-order valence-corrected chi connectivity index (χ1v) is 11.8. The van der Waals surface area contributed by atoms with E-state index in [1.54, 1.807) is 0 Å². The predicted molar refractivity (Wildman–Crippen MR) is 96.3 cm³/mol. The summed E-state index contributed by atoms with van der Waals surface area (Å²) in [5.74, 6) is -0.691. The van der Waals surface area contributed by atoms with Crippen molar-refractivity contribution in [2.75, 3.05) is 13.7 Å². The highest BCUT2D eigenvalue weighted by molar-refractivity contribution is 8.14. The number of alkyl halides is 1. The van der Waals surface area contributed by atoms with E-state index in [1.807, 2.05) is 13.1 Å². The molecule has 142 valence electrons. The summed E-state index contributed by atoms with van der Waals surface area (Å²) in [6.45, 7) is 10.3. The molecule has 0 spiro atoms. The molecule has 0 aromatic heterocycles. The van der Waals surface area contributed by atoms with Crippen LogP contribution in [0.3, 0.4) is 0 Å². The van der Waals surface area contributed by atoms with E-state index >= 15 is 0 Å². The van der Waals surface area contributed by atoms with Crippen LogP contribution in [-0.2, 0) is 14.0 Å². The predicted octanol–water partition coefficient (Wildman–Crippen LogP) is 2.72. The van der Waals surface area contributed by atoms with Crippen molar-refractivity contribution in [2.24, 2.45) is 4.99 Å². The maximum Gasteiger partial charge on any atom is 0.413 e. The van der Waals surface area contributed by atoms with Crippen LogP contribution >= 0.6 is 11.8 Å². The van der Waals surface area contributed by atoms with Gasteiger partial charge in [-0.1, -0.05) is 32.5 Å². The third kappa shape index (κ3) is 4.07. The van der Waals surface area contributed by atoms with E-state index in [1.165, 1.54) is 7.05 Å². The van der Waals surface area contributed by atoms with Crippen molar-refractivity contribution in [3.63, 3.8) is 0 Å². The highest BCUT2D eigenvalue weighted by Gasteiger charge is 2.51. The molecule has 0 radical (unpaired) electrons. The standard InChI is InChI=1S/C15H25FN2O5SSi/c1-15(2,3)25(5,6)22-7-8-11(19)9(16)10-12(23-8)24-13(17-10)18(4)14(20)21/h8-10,12H,7H2,1-6H3,(H,20,21)/t8-,9-,10-,12-/m1/s1. The zero-order valence-electron chi connectivity index (χ0n) is 15.3. The molecule has 7 nitrogen and oxygen atoms in total. The SMILES string of the molecule is CN(C(=O)O)C1=N[C@H]2[C@H](O[C@H](CO[Si](C)(C)C(C)(C)C)C(=O)[C@@H]2F)S1. The second-order valence-corrected chi connectivity index (χ2v) is 13.6. The molecule has 0 saturated carbocycles. The van der Waals surface area contributed by atoms with Crippen molar-refractivity contribution in [1.29, 1.82) is 0 Å². The summed E-state index contributed by atoms with van der Waals surface area (Å²) in [5, 5.41) is 9.10. The molecule has 10 heteroatoms. The summed E-state index contributed by atoms with van der Waals surface area (Å²) in [4.78, 5) is 28.2. The Morgan fingerprint density at radius 2 is 2.08 bits per heavy atom. The first-order valence-electron chi connectivity index (χ1n) is 8.03. The van der Waals surface area contributed by atoms with Crippen LogP contribution in [0.4, 0.5) is 9.18 Å². The van der Waals surface area contributed by atoms with E-state index in [0.29, 0.717) is 0 Å². The van der Waals surface area contributed by atoms with Gasteiger partial charge >= 0.3 is 6.09 Å². The Morgan fingerprint density at radius 1 is 1.48 bits per heavy atom. The van der Waals surface area contributed by atoms with Gasteiger partial charge in [-0.15, -0.1) is 0 Å². The van der Waals surface area contributed by atoms with Gasteiger partial charge in [0.05, 0.1) is 6.61 Å². The number of thioether (sulfide) groups is 1. The first-order chi connectivity index (χ1) is 11.3. The van der Waals surface area contributed by atoms with Gasteiger partial charge in [0, 0.05) is 7.05 Å². The van der Waals surface area contributed by atoms with Crippen molar-refractivity contribution >= 4 is 37.1 Å². The van der Waals surface area contributed by atoms with Crippen LogP contribution in [0.2, 0.25) is 18.1 Å². The number of carbonyl (C=O) groups is 2. The smallest absolute Gasteiger partial charge is 0.413 e. The van der Waals surface area contributed by atoms with Gasteiger partial charge < -0.3 is 14.3 Å². The fourth-order valence-corrected chi connectivity index (χ4v) is 4.30. The fraction of sp³-hybridized carbons (Fsp3) is 0.800. The second-order valence-electron chi connectivity index (χ2n) is 7.73. The second kappa shape index (κ2) is 6.97. The number of halogens is 1. The number of amides is 1. The number of hydrogen-bond acceptors (Lipinski definition) is 6. The summed E-state index contributed by atoms with van der Waals surface area (Å²) in [6, 6.07) is -1.02. The monoisotopic (exact) mass is 392 g/mol. The van der Waals surface area contributed by atoms with Crippen LogP contribution in [0.15, 0.2) is 4.99 Å². The van der Waals surface area contributed by atoms with Crippen LogP contribution in [0.1, 0.15) is 20.8 Å². The first kappa shape index (κ1) is 20.3. The van der Waals surface area contributed by atoms with Crippen LogP contribution in [-0.4, -0.2) is 72.8 Å². The number of Topliss-reactive ketones (excluding diaryl/α,β-unsaturated/α-hetero) is 1. The minimum atomic E-state index is -2.10. The Hall–Kier alpha value is -0.973. The van der Waals surface area contributed by atoms with Crippen molar-refractivity contribution in [2.45, 2.75) is 62.7 Å². The topological polar surface area (TPSA) is 88.4 Å². The Bertz CT molecular complexity index is 595. The lowest BCUT2D eigenvalue weighted by atomic mass is 10.0. The average molecular weight is 393 g/mol. The molecule has 1 saturated heterocycles. The van der Waals surface area contributed by atoms with Crippen molar-refractivity contribution in [1.82, 2.24) is 4.90 Å². The van der Waals surface area contributed by atoms with Crippen LogP contribution in [0.5, 0.6) is 0 Å². The molecular formula is C15H25FN2O5SSi. The van der Waals surface area contributed by atoms with Gasteiger partial charge in [-0.3, -0.25) is 14.7 Å². The van der Waals surface area contributed by atoms with E-state index in [9.17, 15) is 14.0 Å². The Labute approximate surface area is 152 Å². The van der Waals surface area contributed by atoms with E-state index in [2.05, 4.69) is 25.8 Å². The Balaban J connectivity index is 2.06. The molecule has 1 fully saturated rings. The number of ether oxygens (including phenoxy) is 1. The molecule has 1 N–H and O–H groups in total. The maximum absolute atomic E-state index is 14.5. The maximum atomic E-state index is 14.5. The van der Waals surface area contributed by atoms with E-state index in [0.717, 1.165) is 16.7 Å². The minimum Gasteiger partial charge on any atom is -0.465 e. The van der Waals surface area contributed by atoms with Gasteiger partial charge in [-0.25, -0.2) is 9.18 Å². The lowest BCUT2D eigenvalue weighted by molar-refractivity contribution is -0.149. The highest BCUT2D eigenvalue weighted by Crippen LogP contribution is 2.39. The van der Waals surface area contributed by atoms with Crippen LogP contribution in [0, 0.1) is 0 Å². The van der Waals surface area contributed by atoms with Crippen molar-refractivity contribution in [3.05, 3.63) is 0 Å².